The average Bonchev–Trinajstić information content (AvgIpc) is 3.36. The molecular weight excluding hydrogens is 420 g/mol. The van der Waals surface area contributed by atoms with Gasteiger partial charge in [-0.15, -0.1) is 0 Å². The molecule has 0 saturated carbocycles. The zero-order chi connectivity index (χ0) is 23.4. The number of anilines is 1. The first-order valence-electron chi connectivity index (χ1n) is 11.6. The first-order valence-corrected chi connectivity index (χ1v) is 11.6. The number of amides is 2. The van der Waals surface area contributed by atoms with Crippen molar-refractivity contribution in [1.82, 2.24) is 24.8 Å². The average molecular weight is 453 g/mol. The number of imidazole rings is 1. The summed E-state index contributed by atoms with van der Waals surface area (Å²) in [5.74, 6) is 1.41. The highest BCUT2D eigenvalue weighted by molar-refractivity contribution is 6.06. The van der Waals surface area contributed by atoms with Gasteiger partial charge < -0.3 is 25.3 Å². The lowest BCUT2D eigenvalue weighted by Crippen LogP contribution is -2.26. The van der Waals surface area contributed by atoms with Gasteiger partial charge in [-0.2, -0.15) is 0 Å². The Morgan fingerprint density at radius 1 is 1.27 bits per heavy atom. The minimum atomic E-state index is -0.0391. The fourth-order valence-corrected chi connectivity index (χ4v) is 4.45. The van der Waals surface area contributed by atoms with Gasteiger partial charge in [-0.3, -0.25) is 9.59 Å². The van der Waals surface area contributed by atoms with Crippen molar-refractivity contribution in [2.24, 2.45) is 0 Å². The molecule has 0 unspecified atom stereocenters. The fraction of sp³-hybridized carbons (Fsp3) is 0.500. The highest BCUT2D eigenvalue weighted by Gasteiger charge is 2.21. The highest BCUT2D eigenvalue weighted by atomic mass is 16.5. The second kappa shape index (κ2) is 10.2. The maximum Gasteiger partial charge on any atom is 0.222 e. The van der Waals surface area contributed by atoms with Crippen molar-refractivity contribution in [2.75, 3.05) is 32.0 Å². The van der Waals surface area contributed by atoms with E-state index in [9.17, 15) is 9.59 Å². The van der Waals surface area contributed by atoms with Crippen LogP contribution in [0.15, 0.2) is 18.2 Å². The maximum atomic E-state index is 12.0. The molecule has 3 aromatic rings. The summed E-state index contributed by atoms with van der Waals surface area (Å²) in [6.07, 6.45) is 3.13. The largest absolute Gasteiger partial charge is 0.382 e. The van der Waals surface area contributed by atoms with E-state index in [-0.39, 0.29) is 11.8 Å². The number of ether oxygens (including phenoxy) is 1. The molecular formula is C24H32N6O3. The molecule has 3 heterocycles. The number of nitrogens with one attached hydrogen (secondary N) is 1. The van der Waals surface area contributed by atoms with Crippen molar-refractivity contribution in [3.05, 3.63) is 29.6 Å². The Hall–Kier alpha value is -3.20. The molecule has 1 fully saturated rings. The van der Waals surface area contributed by atoms with E-state index in [0.717, 1.165) is 60.2 Å². The van der Waals surface area contributed by atoms with E-state index in [1.807, 2.05) is 24.0 Å². The Bertz CT molecular complexity index is 1170. The van der Waals surface area contributed by atoms with Gasteiger partial charge in [0.05, 0.1) is 11.0 Å². The molecule has 2 aromatic heterocycles. The summed E-state index contributed by atoms with van der Waals surface area (Å²) in [5, 5.41) is 3.82. The van der Waals surface area contributed by atoms with Crippen molar-refractivity contribution in [2.45, 2.75) is 52.7 Å². The van der Waals surface area contributed by atoms with Crippen LogP contribution in [-0.2, 0) is 33.9 Å². The third-order valence-electron chi connectivity index (χ3n) is 6.05. The number of benzene rings is 1. The predicted octanol–water partition coefficient (Wildman–Crippen LogP) is 2.39. The van der Waals surface area contributed by atoms with Crippen molar-refractivity contribution in [3.8, 4) is 0 Å². The van der Waals surface area contributed by atoms with Crippen LogP contribution in [0.25, 0.3) is 21.9 Å². The standard InChI is InChI=1S/C24H32N6O3/c1-3-33-15-20-28-22-23(30(20)13-5-12-29-11-4-6-21(29)32)18-14-17(9-10-26-16(2)31)7-8-19(18)27-24(22)25/h7-8,14H,3-6,9-13,15H2,1-2H3,(H2,25,27)(H,26,31). The molecule has 3 N–H and O–H groups in total. The normalized spacial score (nSPS) is 14.0. The lowest BCUT2D eigenvalue weighted by molar-refractivity contribution is -0.127. The molecule has 2 amide bonds. The first kappa shape index (κ1) is 23.0. The zero-order valence-corrected chi connectivity index (χ0v) is 19.4. The second-order valence-corrected chi connectivity index (χ2v) is 8.43. The molecule has 9 nitrogen and oxygen atoms in total. The summed E-state index contributed by atoms with van der Waals surface area (Å²) in [6.45, 7) is 7.30. The summed E-state index contributed by atoms with van der Waals surface area (Å²) < 4.78 is 7.86. The predicted molar refractivity (Wildman–Crippen MR) is 128 cm³/mol. The van der Waals surface area contributed by atoms with E-state index in [1.54, 1.807) is 0 Å². The van der Waals surface area contributed by atoms with Crippen LogP contribution in [0.1, 0.15) is 44.5 Å². The maximum absolute atomic E-state index is 12.0. The molecule has 0 aliphatic carbocycles. The molecule has 0 bridgehead atoms. The van der Waals surface area contributed by atoms with Crippen LogP contribution < -0.4 is 11.1 Å². The van der Waals surface area contributed by atoms with Crippen LogP contribution in [0, 0.1) is 0 Å². The van der Waals surface area contributed by atoms with Gasteiger partial charge in [-0.25, -0.2) is 9.97 Å². The number of pyridine rings is 1. The lowest BCUT2D eigenvalue weighted by Gasteiger charge is -2.17. The van der Waals surface area contributed by atoms with Gasteiger partial charge in [0.25, 0.3) is 0 Å². The van der Waals surface area contributed by atoms with Crippen molar-refractivity contribution in [1.29, 1.82) is 0 Å². The number of carbonyl (C=O) groups excluding carboxylic acids is 2. The van der Waals surface area contributed by atoms with Crippen LogP contribution in [0.2, 0.25) is 0 Å². The molecule has 1 aromatic carbocycles. The number of likely N-dealkylation sites (tertiary alicyclic amines) is 1. The summed E-state index contributed by atoms with van der Waals surface area (Å²) in [4.78, 5) is 34.5. The van der Waals surface area contributed by atoms with E-state index < -0.39 is 0 Å². The van der Waals surface area contributed by atoms with Gasteiger partial charge >= 0.3 is 0 Å². The molecule has 1 aliphatic rings. The summed E-state index contributed by atoms with van der Waals surface area (Å²) >= 11 is 0. The number of hydrogen-bond acceptors (Lipinski definition) is 6. The third-order valence-corrected chi connectivity index (χ3v) is 6.05. The van der Waals surface area contributed by atoms with Gasteiger partial charge in [0.2, 0.25) is 11.8 Å². The van der Waals surface area contributed by atoms with Gasteiger partial charge in [0, 0.05) is 51.5 Å². The number of nitrogens with two attached hydrogens (primary N) is 1. The zero-order valence-electron chi connectivity index (χ0n) is 19.4. The number of fused-ring (bicyclic) bond motifs is 3. The topological polar surface area (TPSA) is 115 Å². The summed E-state index contributed by atoms with van der Waals surface area (Å²) in [6, 6.07) is 6.10. The quantitative estimate of drug-likeness (QED) is 0.488. The van der Waals surface area contributed by atoms with E-state index in [0.29, 0.717) is 44.1 Å². The number of nitrogen functional groups attached to an aromatic ring is 1. The number of hydrogen-bond donors (Lipinski definition) is 2. The molecule has 0 atom stereocenters. The SMILES string of the molecule is CCOCc1nc2c(N)nc3ccc(CCNC(C)=O)cc3c2n1CCCN1CCCC1=O. The summed E-state index contributed by atoms with van der Waals surface area (Å²) in [7, 11) is 0. The van der Waals surface area contributed by atoms with Crippen molar-refractivity contribution < 1.29 is 14.3 Å². The number of nitrogens with zero attached hydrogens (tertiary/aromatic N) is 4. The monoisotopic (exact) mass is 452 g/mol. The van der Waals surface area contributed by atoms with E-state index in [1.165, 1.54) is 6.92 Å². The van der Waals surface area contributed by atoms with Gasteiger partial charge in [-0.1, -0.05) is 6.07 Å². The Morgan fingerprint density at radius 2 is 2.12 bits per heavy atom. The smallest absolute Gasteiger partial charge is 0.222 e. The number of aromatic nitrogens is 3. The molecule has 176 valence electrons. The second-order valence-electron chi connectivity index (χ2n) is 8.43. The van der Waals surface area contributed by atoms with Gasteiger partial charge in [-0.05, 0) is 43.9 Å². The van der Waals surface area contributed by atoms with Crippen LogP contribution in [0.3, 0.4) is 0 Å². The summed E-state index contributed by atoms with van der Waals surface area (Å²) in [5.41, 5.74) is 9.83. The van der Waals surface area contributed by atoms with Crippen LogP contribution in [0.4, 0.5) is 5.82 Å². The van der Waals surface area contributed by atoms with Crippen molar-refractivity contribution >= 4 is 39.6 Å². The molecule has 4 rings (SSSR count). The molecule has 1 saturated heterocycles. The number of rotatable bonds is 10. The minimum absolute atomic E-state index is 0.0391. The Balaban J connectivity index is 1.70. The Kier molecular flexibility index (Phi) is 7.08. The number of aryl methyl sites for hydroxylation is 1. The van der Waals surface area contributed by atoms with Crippen LogP contribution >= 0.6 is 0 Å². The highest BCUT2D eigenvalue weighted by Crippen LogP contribution is 2.30. The lowest BCUT2D eigenvalue weighted by atomic mass is 10.1. The minimum Gasteiger partial charge on any atom is -0.382 e. The Morgan fingerprint density at radius 3 is 2.85 bits per heavy atom. The molecule has 9 heteroatoms. The molecule has 0 radical (unpaired) electrons. The van der Waals surface area contributed by atoms with Gasteiger partial charge in [0.15, 0.2) is 5.82 Å². The van der Waals surface area contributed by atoms with Gasteiger partial charge in [0.1, 0.15) is 17.9 Å². The van der Waals surface area contributed by atoms with E-state index in [2.05, 4.69) is 20.9 Å². The van der Waals surface area contributed by atoms with Crippen molar-refractivity contribution in [3.63, 3.8) is 0 Å². The fourth-order valence-electron chi connectivity index (χ4n) is 4.45. The third kappa shape index (κ3) is 5.08. The van der Waals surface area contributed by atoms with E-state index >= 15 is 0 Å². The van der Waals surface area contributed by atoms with E-state index in [4.69, 9.17) is 15.5 Å². The first-order chi connectivity index (χ1) is 16.0. The molecule has 1 aliphatic heterocycles. The molecule has 33 heavy (non-hydrogen) atoms. The van der Waals surface area contributed by atoms with Crippen LogP contribution in [0.5, 0.6) is 0 Å². The number of carbonyl (C=O) groups is 2. The van der Waals surface area contributed by atoms with Crippen LogP contribution in [-0.4, -0.2) is 57.5 Å². The molecule has 0 spiro atoms. The Labute approximate surface area is 193 Å².